The molecule has 26 heavy (non-hydrogen) atoms. The monoisotopic (exact) mass is 352 g/mol. The van der Waals surface area contributed by atoms with Crippen molar-refractivity contribution in [3.63, 3.8) is 0 Å². The Morgan fingerprint density at radius 3 is 2.62 bits per heavy atom. The number of hydrogen-bond acceptors (Lipinski definition) is 6. The van der Waals surface area contributed by atoms with Gasteiger partial charge >= 0.3 is 0 Å². The van der Waals surface area contributed by atoms with Gasteiger partial charge in [-0.25, -0.2) is 9.97 Å². The van der Waals surface area contributed by atoms with Crippen molar-refractivity contribution in [2.24, 2.45) is 0 Å². The third-order valence-corrected chi connectivity index (χ3v) is 5.19. The van der Waals surface area contributed by atoms with E-state index in [2.05, 4.69) is 45.7 Å². The molecule has 0 radical (unpaired) electrons. The van der Waals surface area contributed by atoms with Gasteiger partial charge in [-0.15, -0.1) is 0 Å². The average molecular weight is 352 g/mol. The lowest BCUT2D eigenvalue weighted by atomic mass is 9.90. The summed E-state index contributed by atoms with van der Waals surface area (Å²) < 4.78 is 0. The first-order valence-electron chi connectivity index (χ1n) is 9.18. The number of anilines is 1. The first-order valence-corrected chi connectivity index (χ1v) is 9.18. The van der Waals surface area contributed by atoms with Crippen molar-refractivity contribution in [2.45, 2.75) is 37.8 Å². The van der Waals surface area contributed by atoms with Crippen molar-refractivity contribution in [2.75, 3.05) is 26.5 Å². The predicted octanol–water partition coefficient (Wildman–Crippen LogP) is 3.12. The largest absolute Gasteiger partial charge is 0.393 e. The van der Waals surface area contributed by atoms with Gasteiger partial charge in [0, 0.05) is 42.5 Å². The van der Waals surface area contributed by atoms with Gasteiger partial charge in [0.1, 0.15) is 12.1 Å². The first kappa shape index (κ1) is 18.3. The molecule has 0 aliphatic heterocycles. The Balaban J connectivity index is 1.84. The van der Waals surface area contributed by atoms with Crippen LogP contribution in [0.25, 0.3) is 16.5 Å². The molecule has 0 bridgehead atoms. The van der Waals surface area contributed by atoms with Crippen LogP contribution in [0, 0.1) is 5.41 Å². The van der Waals surface area contributed by atoms with E-state index in [1.807, 2.05) is 25.4 Å². The minimum atomic E-state index is 0.447. The summed E-state index contributed by atoms with van der Waals surface area (Å²) in [5, 5.41) is 15.3. The third kappa shape index (κ3) is 4.02. The highest BCUT2D eigenvalue weighted by atomic mass is 15.1. The first-order chi connectivity index (χ1) is 12.6. The standard InChI is InChI=1S/C20H28N6/c1-22-12-15(11-21)14-4-9-19-18(10-14)20(24-13-23-19)25-16-5-7-17(8-6-16)26(2)3/h4,9-13,16-17,21-22H,5-8H2,1-3H3,(H,23,24,25)/b15-12+,21-11?/t16-,17-. The van der Waals surface area contributed by atoms with E-state index in [0.29, 0.717) is 12.1 Å². The molecule has 6 heteroatoms. The van der Waals surface area contributed by atoms with E-state index in [1.165, 1.54) is 19.1 Å². The van der Waals surface area contributed by atoms with Crippen molar-refractivity contribution in [3.05, 3.63) is 36.3 Å². The van der Waals surface area contributed by atoms with E-state index in [1.54, 1.807) is 6.33 Å². The van der Waals surface area contributed by atoms with Crippen LogP contribution in [0.5, 0.6) is 0 Å². The zero-order valence-electron chi connectivity index (χ0n) is 15.8. The second kappa shape index (κ2) is 8.27. The number of nitrogens with one attached hydrogen (secondary N) is 3. The molecule has 1 aromatic heterocycles. The van der Waals surface area contributed by atoms with Gasteiger partial charge in [0.15, 0.2) is 0 Å². The molecule has 0 saturated heterocycles. The highest BCUT2D eigenvalue weighted by Gasteiger charge is 2.23. The average Bonchev–Trinajstić information content (AvgIpc) is 2.66. The summed E-state index contributed by atoms with van der Waals surface area (Å²) in [5.74, 6) is 0.888. The van der Waals surface area contributed by atoms with Crippen LogP contribution in [-0.2, 0) is 0 Å². The van der Waals surface area contributed by atoms with Crippen LogP contribution in [0.1, 0.15) is 31.2 Å². The fourth-order valence-corrected chi connectivity index (χ4v) is 3.64. The third-order valence-electron chi connectivity index (χ3n) is 5.19. The van der Waals surface area contributed by atoms with Gasteiger partial charge in [-0.3, -0.25) is 0 Å². The molecule has 3 rings (SSSR count). The second-order valence-electron chi connectivity index (χ2n) is 7.10. The molecule has 1 saturated carbocycles. The molecule has 6 nitrogen and oxygen atoms in total. The number of hydrogen-bond donors (Lipinski definition) is 3. The maximum atomic E-state index is 7.64. The number of fused-ring (bicyclic) bond motifs is 1. The predicted molar refractivity (Wildman–Crippen MR) is 109 cm³/mol. The molecule has 0 spiro atoms. The Kier molecular flexibility index (Phi) is 5.83. The second-order valence-corrected chi connectivity index (χ2v) is 7.10. The number of nitrogens with zero attached hydrogens (tertiary/aromatic N) is 3. The molecule has 0 atom stereocenters. The molecule has 1 aliphatic rings. The topological polar surface area (TPSA) is 76.9 Å². The normalized spacial score (nSPS) is 21.0. The van der Waals surface area contributed by atoms with Crippen molar-refractivity contribution in [3.8, 4) is 0 Å². The number of benzene rings is 1. The smallest absolute Gasteiger partial charge is 0.137 e. The Hall–Kier alpha value is -2.47. The molecule has 1 aromatic carbocycles. The van der Waals surface area contributed by atoms with E-state index in [-0.39, 0.29) is 0 Å². The summed E-state index contributed by atoms with van der Waals surface area (Å²) in [6.45, 7) is 0. The van der Waals surface area contributed by atoms with Gasteiger partial charge < -0.3 is 20.9 Å². The van der Waals surface area contributed by atoms with Crippen LogP contribution in [-0.4, -0.2) is 54.3 Å². The van der Waals surface area contributed by atoms with Crippen LogP contribution < -0.4 is 10.6 Å². The van der Waals surface area contributed by atoms with E-state index in [0.717, 1.165) is 40.7 Å². The summed E-state index contributed by atoms with van der Waals surface area (Å²) in [5.41, 5.74) is 2.73. The maximum absolute atomic E-state index is 7.64. The Morgan fingerprint density at radius 2 is 1.96 bits per heavy atom. The molecule has 3 N–H and O–H groups in total. The maximum Gasteiger partial charge on any atom is 0.137 e. The van der Waals surface area contributed by atoms with Crippen LogP contribution in [0.3, 0.4) is 0 Å². The summed E-state index contributed by atoms with van der Waals surface area (Å²) in [4.78, 5) is 11.2. The lowest BCUT2D eigenvalue weighted by Crippen LogP contribution is -2.36. The van der Waals surface area contributed by atoms with Crippen LogP contribution in [0.15, 0.2) is 30.7 Å². The Bertz CT molecular complexity index is 790. The van der Waals surface area contributed by atoms with Crippen LogP contribution in [0.4, 0.5) is 5.82 Å². The molecule has 1 heterocycles. The summed E-state index contributed by atoms with van der Waals surface area (Å²) in [6.07, 6.45) is 9.53. The van der Waals surface area contributed by atoms with Gasteiger partial charge in [-0.1, -0.05) is 6.07 Å². The zero-order valence-corrected chi connectivity index (χ0v) is 15.8. The minimum absolute atomic E-state index is 0.447. The molecule has 0 amide bonds. The molecule has 1 fully saturated rings. The van der Waals surface area contributed by atoms with E-state index in [9.17, 15) is 0 Å². The lowest BCUT2D eigenvalue weighted by molar-refractivity contribution is 0.221. The van der Waals surface area contributed by atoms with E-state index >= 15 is 0 Å². The highest BCUT2D eigenvalue weighted by molar-refractivity contribution is 6.09. The fraction of sp³-hybridized carbons (Fsp3) is 0.450. The van der Waals surface area contributed by atoms with Crippen molar-refractivity contribution in [1.29, 1.82) is 5.41 Å². The zero-order chi connectivity index (χ0) is 18.5. The quantitative estimate of drug-likeness (QED) is 0.696. The molecule has 0 unspecified atom stereocenters. The molecular weight excluding hydrogens is 324 g/mol. The molecule has 2 aromatic rings. The van der Waals surface area contributed by atoms with E-state index < -0.39 is 0 Å². The molecular formula is C20H28N6. The van der Waals surface area contributed by atoms with Gasteiger partial charge in [0.2, 0.25) is 0 Å². The summed E-state index contributed by atoms with van der Waals surface area (Å²) >= 11 is 0. The fourth-order valence-electron chi connectivity index (χ4n) is 3.64. The Labute approximate surface area is 155 Å². The summed E-state index contributed by atoms with van der Waals surface area (Å²) in [7, 11) is 6.17. The van der Waals surface area contributed by atoms with Gasteiger partial charge in [0.25, 0.3) is 0 Å². The van der Waals surface area contributed by atoms with Gasteiger partial charge in [-0.2, -0.15) is 0 Å². The van der Waals surface area contributed by atoms with Gasteiger partial charge in [0.05, 0.1) is 5.52 Å². The number of allylic oxidation sites excluding steroid dienone is 1. The van der Waals surface area contributed by atoms with Crippen LogP contribution >= 0.6 is 0 Å². The number of rotatable bonds is 6. The van der Waals surface area contributed by atoms with Crippen molar-refractivity contribution < 1.29 is 0 Å². The molecule has 138 valence electrons. The lowest BCUT2D eigenvalue weighted by Gasteiger charge is -2.33. The van der Waals surface area contributed by atoms with Gasteiger partial charge in [-0.05, 0) is 57.5 Å². The number of aromatic nitrogens is 2. The minimum Gasteiger partial charge on any atom is -0.393 e. The molecule has 1 aliphatic carbocycles. The SMILES string of the molecule is CN/C=C(\C=N)c1ccc2ncnc(N[C@H]3CC[C@H](N(C)C)CC3)c2c1. The van der Waals surface area contributed by atoms with Crippen LogP contribution in [0.2, 0.25) is 0 Å². The highest BCUT2D eigenvalue weighted by Crippen LogP contribution is 2.28. The van der Waals surface area contributed by atoms with E-state index in [4.69, 9.17) is 5.41 Å². The Morgan fingerprint density at radius 1 is 1.19 bits per heavy atom. The van der Waals surface area contributed by atoms with Crippen molar-refractivity contribution in [1.82, 2.24) is 20.2 Å². The van der Waals surface area contributed by atoms with Crippen molar-refractivity contribution >= 4 is 28.5 Å². The summed E-state index contributed by atoms with van der Waals surface area (Å²) in [6, 6.07) is 7.19.